The first-order valence-electron chi connectivity index (χ1n) is 5.05. The van der Waals surface area contributed by atoms with Gasteiger partial charge in [0.25, 0.3) is 0 Å². The van der Waals surface area contributed by atoms with E-state index >= 15 is 0 Å². The normalized spacial score (nSPS) is 12.2. The molecule has 13 heavy (non-hydrogen) atoms. The van der Waals surface area contributed by atoms with Crippen LogP contribution in [0.3, 0.4) is 0 Å². The van der Waals surface area contributed by atoms with Gasteiger partial charge in [-0.05, 0) is 20.8 Å². The Hall–Kier alpha value is -0.530. The fourth-order valence-electron chi connectivity index (χ4n) is 0.321. The monoisotopic (exact) mass is 187 g/mol. The van der Waals surface area contributed by atoms with Crippen molar-refractivity contribution in [2.45, 2.75) is 61.5 Å². The highest BCUT2D eigenvalue weighted by molar-refractivity contribution is 5.86. The Labute approximate surface area is 83.4 Å². The molecule has 0 aromatic rings. The minimum Gasteiger partial charge on any atom is -0.393 e. The highest BCUT2D eigenvalue weighted by Crippen LogP contribution is 2.15. The van der Waals surface area contributed by atoms with Crippen molar-refractivity contribution in [2.24, 2.45) is 10.6 Å². The topological polar surface area (TPSA) is 21.6 Å². The van der Waals surface area contributed by atoms with Gasteiger partial charge < -0.3 is 4.84 Å². The van der Waals surface area contributed by atoms with E-state index in [1.165, 1.54) is 0 Å². The molecular formula is C11H25NO. The molecule has 0 bridgehead atoms. The molecule has 2 nitrogen and oxygen atoms in total. The average molecular weight is 187 g/mol. The maximum absolute atomic E-state index is 5.12. The van der Waals surface area contributed by atoms with Gasteiger partial charge in [-0.2, -0.15) is 0 Å². The smallest absolute Gasteiger partial charge is 0.122 e. The Balaban J connectivity index is 0. The minimum absolute atomic E-state index is 0.120. The van der Waals surface area contributed by atoms with E-state index < -0.39 is 0 Å². The Morgan fingerprint density at radius 2 is 1.54 bits per heavy atom. The lowest BCUT2D eigenvalue weighted by molar-refractivity contribution is 0.0837. The molecule has 0 rings (SSSR count). The van der Waals surface area contributed by atoms with Gasteiger partial charge in [-0.3, -0.25) is 0 Å². The van der Waals surface area contributed by atoms with E-state index in [0.29, 0.717) is 0 Å². The van der Waals surface area contributed by atoms with Crippen LogP contribution in [0.4, 0.5) is 0 Å². The van der Waals surface area contributed by atoms with Crippen molar-refractivity contribution in [3.63, 3.8) is 0 Å². The third-order valence-electron chi connectivity index (χ3n) is 1.49. The standard InChI is InChI=1S/C9H19NO.C2H6/c1-7(2)11-10-8(3)9(4,5)6;1-2/h7H,1-6H3;1-2H3/b10-8-;. The highest BCUT2D eigenvalue weighted by Gasteiger charge is 2.14. The van der Waals surface area contributed by atoms with Gasteiger partial charge in [-0.15, -0.1) is 0 Å². The fourth-order valence-corrected chi connectivity index (χ4v) is 0.321. The summed E-state index contributed by atoms with van der Waals surface area (Å²) in [6.45, 7) is 16.3. The number of nitrogens with zero attached hydrogens (tertiary/aromatic N) is 1. The molecule has 0 aromatic heterocycles. The second kappa shape index (κ2) is 6.93. The van der Waals surface area contributed by atoms with Crippen molar-refractivity contribution in [3.8, 4) is 0 Å². The molecule has 0 fully saturated rings. The first kappa shape index (κ1) is 15.0. The SMILES string of the molecule is C/C(=N/OC(C)C)C(C)(C)C.CC. The van der Waals surface area contributed by atoms with Gasteiger partial charge in [0.15, 0.2) is 0 Å². The van der Waals surface area contributed by atoms with Crippen LogP contribution in [0.25, 0.3) is 0 Å². The first-order valence-corrected chi connectivity index (χ1v) is 5.05. The van der Waals surface area contributed by atoms with E-state index in [2.05, 4.69) is 25.9 Å². The van der Waals surface area contributed by atoms with Crippen molar-refractivity contribution in [2.75, 3.05) is 0 Å². The number of hydrogen-bond acceptors (Lipinski definition) is 2. The zero-order valence-electron chi connectivity index (χ0n) is 10.4. The molecule has 0 aliphatic rings. The van der Waals surface area contributed by atoms with Gasteiger partial charge >= 0.3 is 0 Å². The summed E-state index contributed by atoms with van der Waals surface area (Å²) >= 11 is 0. The average Bonchev–Trinajstić information content (AvgIpc) is 2.02. The summed E-state index contributed by atoms with van der Waals surface area (Å²) in [4.78, 5) is 5.12. The van der Waals surface area contributed by atoms with Gasteiger partial charge in [0.2, 0.25) is 0 Å². The molecule has 0 saturated heterocycles. The largest absolute Gasteiger partial charge is 0.393 e. The molecule has 0 amide bonds. The molecule has 2 heteroatoms. The summed E-state index contributed by atoms with van der Waals surface area (Å²) in [5.74, 6) is 0. The maximum Gasteiger partial charge on any atom is 0.122 e. The lowest BCUT2D eigenvalue weighted by Crippen LogP contribution is -2.17. The second-order valence-corrected chi connectivity index (χ2v) is 4.08. The van der Waals surface area contributed by atoms with E-state index in [1.54, 1.807) is 0 Å². The first-order chi connectivity index (χ1) is 5.84. The zero-order valence-corrected chi connectivity index (χ0v) is 10.4. The van der Waals surface area contributed by atoms with Gasteiger partial charge in [-0.25, -0.2) is 0 Å². The van der Waals surface area contributed by atoms with Gasteiger partial charge in [-0.1, -0.05) is 39.8 Å². The zero-order chi connectivity index (χ0) is 11.1. The molecule has 0 aliphatic carbocycles. The molecule has 0 spiro atoms. The van der Waals surface area contributed by atoms with Crippen LogP contribution < -0.4 is 0 Å². The third kappa shape index (κ3) is 9.38. The van der Waals surface area contributed by atoms with Gasteiger partial charge in [0.05, 0.1) is 5.71 Å². The van der Waals surface area contributed by atoms with Crippen molar-refractivity contribution in [1.82, 2.24) is 0 Å². The van der Waals surface area contributed by atoms with E-state index in [9.17, 15) is 0 Å². The maximum atomic E-state index is 5.12. The molecule has 0 saturated carbocycles. The van der Waals surface area contributed by atoms with Crippen LogP contribution in [0.5, 0.6) is 0 Å². The number of rotatable bonds is 2. The summed E-state index contributed by atoms with van der Waals surface area (Å²) in [6, 6.07) is 0. The van der Waals surface area contributed by atoms with Crippen molar-refractivity contribution >= 4 is 5.71 Å². The predicted octanol–water partition coefficient (Wildman–Crippen LogP) is 3.86. The lowest BCUT2D eigenvalue weighted by Gasteiger charge is -2.17. The van der Waals surface area contributed by atoms with Crippen molar-refractivity contribution in [1.29, 1.82) is 0 Å². The summed E-state index contributed by atoms with van der Waals surface area (Å²) in [6.07, 6.45) is 0.173. The van der Waals surface area contributed by atoms with Crippen molar-refractivity contribution in [3.05, 3.63) is 0 Å². The quantitative estimate of drug-likeness (QED) is 0.475. The van der Waals surface area contributed by atoms with Crippen LogP contribution >= 0.6 is 0 Å². The molecular weight excluding hydrogens is 162 g/mol. The molecule has 80 valence electrons. The van der Waals surface area contributed by atoms with Crippen molar-refractivity contribution < 1.29 is 4.84 Å². The van der Waals surface area contributed by atoms with E-state index in [1.807, 2.05) is 34.6 Å². The van der Waals surface area contributed by atoms with Crippen LogP contribution in [0.1, 0.15) is 55.4 Å². The van der Waals surface area contributed by atoms with E-state index in [4.69, 9.17) is 4.84 Å². The minimum atomic E-state index is 0.120. The number of hydrogen-bond donors (Lipinski definition) is 0. The Bertz CT molecular complexity index is 143. The third-order valence-corrected chi connectivity index (χ3v) is 1.49. The van der Waals surface area contributed by atoms with Crippen LogP contribution in [-0.2, 0) is 4.84 Å². The highest BCUT2D eigenvalue weighted by atomic mass is 16.6. The van der Waals surface area contributed by atoms with Crippen LogP contribution in [0.15, 0.2) is 5.16 Å². The second-order valence-electron chi connectivity index (χ2n) is 4.08. The predicted molar refractivity (Wildman–Crippen MR) is 60.1 cm³/mol. The Morgan fingerprint density at radius 1 is 1.15 bits per heavy atom. The summed E-state index contributed by atoms with van der Waals surface area (Å²) in [5.41, 5.74) is 1.15. The Kier molecular flexibility index (Phi) is 7.98. The fraction of sp³-hybridized carbons (Fsp3) is 0.909. The number of oxime groups is 1. The molecule has 0 aliphatic heterocycles. The summed E-state index contributed by atoms with van der Waals surface area (Å²) in [7, 11) is 0. The summed E-state index contributed by atoms with van der Waals surface area (Å²) in [5, 5.41) is 4.01. The van der Waals surface area contributed by atoms with Crippen LogP contribution in [-0.4, -0.2) is 11.8 Å². The molecule has 0 radical (unpaired) electrons. The van der Waals surface area contributed by atoms with Gasteiger partial charge in [0.1, 0.15) is 6.10 Å². The summed E-state index contributed by atoms with van der Waals surface area (Å²) < 4.78 is 0. The molecule has 0 aromatic carbocycles. The molecule has 0 heterocycles. The molecule has 0 N–H and O–H groups in total. The van der Waals surface area contributed by atoms with E-state index in [-0.39, 0.29) is 11.5 Å². The van der Waals surface area contributed by atoms with E-state index in [0.717, 1.165) is 5.71 Å². The lowest BCUT2D eigenvalue weighted by atomic mass is 9.91. The molecule has 0 unspecified atom stereocenters. The van der Waals surface area contributed by atoms with Gasteiger partial charge in [0, 0.05) is 5.41 Å². The Morgan fingerprint density at radius 3 is 1.77 bits per heavy atom. The van der Waals surface area contributed by atoms with Crippen LogP contribution in [0.2, 0.25) is 0 Å². The molecule has 0 atom stereocenters. The van der Waals surface area contributed by atoms with Crippen LogP contribution in [0, 0.1) is 5.41 Å².